The summed E-state index contributed by atoms with van der Waals surface area (Å²) in [5, 5.41) is 4.13. The van der Waals surface area contributed by atoms with E-state index in [-0.39, 0.29) is 11.8 Å². The first kappa shape index (κ1) is 20.9. The number of amides is 1. The number of anilines is 2. The van der Waals surface area contributed by atoms with Crippen molar-refractivity contribution in [2.45, 2.75) is 26.2 Å². The average molecular weight is 421 g/mol. The lowest BCUT2D eigenvalue weighted by molar-refractivity contribution is -0.122. The van der Waals surface area contributed by atoms with Gasteiger partial charge in [-0.3, -0.25) is 4.79 Å². The minimum Gasteiger partial charge on any atom is -0.497 e. The van der Waals surface area contributed by atoms with Crippen LogP contribution in [-0.4, -0.2) is 43.3 Å². The number of aromatic nitrogens is 2. The molecule has 7 nitrogen and oxygen atoms in total. The monoisotopic (exact) mass is 420 g/mol. The highest BCUT2D eigenvalue weighted by molar-refractivity contribution is 5.95. The molecule has 1 fully saturated rings. The number of carbonyl (C=O) groups is 1. The zero-order chi connectivity index (χ0) is 21.8. The third kappa shape index (κ3) is 4.40. The van der Waals surface area contributed by atoms with Gasteiger partial charge in [-0.2, -0.15) is 4.98 Å². The van der Waals surface area contributed by atoms with Gasteiger partial charge in [-0.1, -0.05) is 30.3 Å². The molecule has 0 aliphatic carbocycles. The zero-order valence-corrected chi connectivity index (χ0v) is 18.2. The Morgan fingerprint density at radius 3 is 2.74 bits per heavy atom. The lowest BCUT2D eigenvalue weighted by Crippen LogP contribution is -2.44. The van der Waals surface area contributed by atoms with Crippen molar-refractivity contribution < 1.29 is 14.1 Å². The van der Waals surface area contributed by atoms with Crippen molar-refractivity contribution in [2.75, 3.05) is 37.0 Å². The average Bonchev–Trinajstić information content (AvgIpc) is 3.33. The number of rotatable bonds is 6. The summed E-state index contributed by atoms with van der Waals surface area (Å²) in [6.45, 7) is 3.47. The Bertz CT molecular complexity index is 1030. The van der Waals surface area contributed by atoms with Gasteiger partial charge < -0.3 is 19.1 Å². The van der Waals surface area contributed by atoms with Crippen LogP contribution in [0.1, 0.15) is 25.3 Å². The predicted molar refractivity (Wildman–Crippen MR) is 120 cm³/mol. The van der Waals surface area contributed by atoms with Crippen LogP contribution >= 0.6 is 0 Å². The molecule has 31 heavy (non-hydrogen) atoms. The fourth-order valence-electron chi connectivity index (χ4n) is 4.08. The summed E-state index contributed by atoms with van der Waals surface area (Å²) in [6.07, 6.45) is 2.65. The summed E-state index contributed by atoms with van der Waals surface area (Å²) < 4.78 is 10.7. The number of nitrogens with zero attached hydrogens (tertiary/aromatic N) is 4. The number of hydrogen-bond acceptors (Lipinski definition) is 6. The Morgan fingerprint density at radius 1 is 1.23 bits per heavy atom. The largest absolute Gasteiger partial charge is 0.497 e. The third-order valence-corrected chi connectivity index (χ3v) is 5.87. The Balaban J connectivity index is 1.47. The first-order valence-electron chi connectivity index (χ1n) is 10.7. The lowest BCUT2D eigenvalue weighted by atomic mass is 9.96. The van der Waals surface area contributed by atoms with E-state index in [4.69, 9.17) is 9.26 Å². The smallest absolute Gasteiger partial charge is 0.324 e. The molecular weight excluding hydrogens is 392 g/mol. The van der Waals surface area contributed by atoms with Crippen molar-refractivity contribution in [3.63, 3.8) is 0 Å². The van der Waals surface area contributed by atoms with E-state index in [0.717, 1.165) is 42.8 Å². The molecule has 0 bridgehead atoms. The first-order chi connectivity index (χ1) is 15.1. The fourth-order valence-corrected chi connectivity index (χ4v) is 4.08. The number of hydrogen-bond donors (Lipinski definition) is 0. The van der Waals surface area contributed by atoms with Gasteiger partial charge in [0, 0.05) is 31.4 Å². The highest BCUT2D eigenvalue weighted by Crippen LogP contribution is 2.28. The highest BCUT2D eigenvalue weighted by Gasteiger charge is 2.31. The van der Waals surface area contributed by atoms with Crippen molar-refractivity contribution in [3.8, 4) is 17.1 Å². The van der Waals surface area contributed by atoms with Crippen LogP contribution in [0, 0.1) is 5.92 Å². The molecule has 4 rings (SSSR count). The molecular formula is C24H28N4O3. The second-order valence-corrected chi connectivity index (χ2v) is 7.79. The van der Waals surface area contributed by atoms with E-state index in [0.29, 0.717) is 18.4 Å². The summed E-state index contributed by atoms with van der Waals surface area (Å²) in [7, 11) is 3.50. The van der Waals surface area contributed by atoms with Crippen molar-refractivity contribution in [1.82, 2.24) is 10.1 Å². The normalized spacial score (nSPS) is 16.2. The van der Waals surface area contributed by atoms with Crippen molar-refractivity contribution in [2.24, 2.45) is 5.92 Å². The van der Waals surface area contributed by atoms with Gasteiger partial charge in [0.25, 0.3) is 0 Å². The van der Waals surface area contributed by atoms with Crippen LogP contribution < -0.4 is 14.5 Å². The maximum atomic E-state index is 13.3. The zero-order valence-electron chi connectivity index (χ0n) is 18.2. The van der Waals surface area contributed by atoms with Crippen molar-refractivity contribution in [3.05, 3.63) is 54.1 Å². The van der Waals surface area contributed by atoms with Gasteiger partial charge in [-0.05, 0) is 55.2 Å². The minimum atomic E-state index is -0.111. The van der Waals surface area contributed by atoms with Crippen LogP contribution in [0.4, 0.5) is 11.7 Å². The maximum absolute atomic E-state index is 13.3. The molecule has 0 spiro atoms. The molecule has 1 aromatic heterocycles. The molecule has 2 aromatic carbocycles. The van der Waals surface area contributed by atoms with Crippen molar-refractivity contribution in [1.29, 1.82) is 0 Å². The number of benzene rings is 2. The Kier molecular flexibility index (Phi) is 6.21. The topological polar surface area (TPSA) is 71.7 Å². The minimum absolute atomic E-state index is 0.111. The molecule has 1 atom stereocenters. The molecule has 1 unspecified atom stereocenters. The van der Waals surface area contributed by atoms with E-state index >= 15 is 0 Å². The van der Waals surface area contributed by atoms with E-state index in [1.54, 1.807) is 12.0 Å². The molecule has 1 saturated heterocycles. The van der Waals surface area contributed by atoms with E-state index < -0.39 is 0 Å². The van der Waals surface area contributed by atoms with Crippen molar-refractivity contribution >= 4 is 17.6 Å². The van der Waals surface area contributed by atoms with Crippen LogP contribution in [0.15, 0.2) is 53.1 Å². The third-order valence-electron chi connectivity index (χ3n) is 5.87. The molecule has 0 saturated carbocycles. The quantitative estimate of drug-likeness (QED) is 0.596. The van der Waals surface area contributed by atoms with Crippen LogP contribution in [0.25, 0.3) is 11.4 Å². The van der Waals surface area contributed by atoms with Gasteiger partial charge >= 0.3 is 6.01 Å². The summed E-state index contributed by atoms with van der Waals surface area (Å²) >= 11 is 0. The van der Waals surface area contributed by atoms with Gasteiger partial charge in [0.05, 0.1) is 13.0 Å². The number of carbonyl (C=O) groups excluding carboxylic acids is 1. The summed E-state index contributed by atoms with van der Waals surface area (Å²) in [6, 6.07) is 16.1. The van der Waals surface area contributed by atoms with E-state index in [9.17, 15) is 4.79 Å². The molecule has 162 valence electrons. The van der Waals surface area contributed by atoms with Crippen LogP contribution in [-0.2, 0) is 11.2 Å². The molecule has 2 heterocycles. The second-order valence-electron chi connectivity index (χ2n) is 7.79. The fraction of sp³-hybridized carbons (Fsp3) is 0.375. The number of ether oxygens (including phenoxy) is 1. The molecule has 0 radical (unpaired) electrons. The van der Waals surface area contributed by atoms with Gasteiger partial charge in [0.2, 0.25) is 11.7 Å². The molecule has 1 aliphatic heterocycles. The number of aryl methyl sites for hydroxylation is 1. The van der Waals surface area contributed by atoms with E-state index in [1.807, 2.05) is 54.4 Å². The summed E-state index contributed by atoms with van der Waals surface area (Å²) in [5.41, 5.74) is 3.01. The molecule has 3 aromatic rings. The second kappa shape index (κ2) is 9.20. The maximum Gasteiger partial charge on any atom is 0.324 e. The molecule has 1 amide bonds. The summed E-state index contributed by atoms with van der Waals surface area (Å²) in [5.74, 6) is 1.32. The number of para-hydroxylation sites is 1. The lowest BCUT2D eigenvalue weighted by Gasteiger charge is -2.33. The Morgan fingerprint density at radius 2 is 2.00 bits per heavy atom. The first-order valence-corrected chi connectivity index (χ1v) is 10.7. The standard InChI is InChI=1S/C24H28N4O3/c1-4-17-8-5-6-10-21(17)27(2)23(29)19-9-7-15-28(16-19)24-25-22(26-31-24)18-11-13-20(30-3)14-12-18/h5-6,8,10-14,19H,4,7,9,15-16H2,1-3H3. The Hall–Kier alpha value is -3.35. The summed E-state index contributed by atoms with van der Waals surface area (Å²) in [4.78, 5) is 21.6. The predicted octanol–water partition coefficient (Wildman–Crippen LogP) is 4.19. The van der Waals surface area contributed by atoms with Crippen LogP contribution in [0.3, 0.4) is 0 Å². The van der Waals surface area contributed by atoms with E-state index in [2.05, 4.69) is 23.1 Å². The van der Waals surface area contributed by atoms with E-state index in [1.165, 1.54) is 5.56 Å². The molecule has 7 heteroatoms. The van der Waals surface area contributed by atoms with Gasteiger partial charge in [-0.25, -0.2) is 0 Å². The number of piperidine rings is 1. The van der Waals surface area contributed by atoms with Crippen LogP contribution in [0.5, 0.6) is 5.75 Å². The highest BCUT2D eigenvalue weighted by atomic mass is 16.5. The Labute approximate surface area is 182 Å². The van der Waals surface area contributed by atoms with Gasteiger partial charge in [0.15, 0.2) is 0 Å². The SMILES string of the molecule is CCc1ccccc1N(C)C(=O)C1CCCN(c2nc(-c3ccc(OC)cc3)no2)C1. The molecule has 0 N–H and O–H groups in total. The molecule has 1 aliphatic rings. The van der Waals surface area contributed by atoms with Gasteiger partial charge in [-0.15, -0.1) is 0 Å². The van der Waals surface area contributed by atoms with Crippen LogP contribution in [0.2, 0.25) is 0 Å². The van der Waals surface area contributed by atoms with Gasteiger partial charge in [0.1, 0.15) is 5.75 Å². The number of methoxy groups -OCH3 is 1.